The molecule has 0 saturated carbocycles. The van der Waals surface area contributed by atoms with Gasteiger partial charge in [0.15, 0.2) is 0 Å². The second-order valence-electron chi connectivity index (χ2n) is 3.11. The summed E-state index contributed by atoms with van der Waals surface area (Å²) in [6.45, 7) is 7.66. The van der Waals surface area contributed by atoms with Crippen molar-refractivity contribution < 1.29 is 0 Å². The maximum Gasteiger partial charge on any atom is 0.106 e. The molecule has 1 unspecified atom stereocenters. The molecule has 78 valence electrons. The number of hydrogen-bond donors (Lipinski definition) is 2. The number of nitrogens with one attached hydrogen (secondary N) is 2. The zero-order valence-electron chi connectivity index (χ0n) is 8.68. The highest BCUT2D eigenvalue weighted by Crippen LogP contribution is 1.94. The van der Waals surface area contributed by atoms with E-state index in [4.69, 9.17) is 0 Å². The lowest BCUT2D eigenvalue weighted by Crippen LogP contribution is -2.28. The Labute approximate surface area is 80.5 Å². The predicted molar refractivity (Wildman–Crippen MR) is 55.9 cm³/mol. The van der Waals surface area contributed by atoms with E-state index in [1.807, 2.05) is 6.92 Å². The van der Waals surface area contributed by atoms with Crippen LogP contribution in [0, 0.1) is 4.91 Å². The lowest BCUT2D eigenvalue weighted by molar-refractivity contribution is 0.525. The van der Waals surface area contributed by atoms with Crippen LogP contribution in [0.1, 0.15) is 26.7 Å². The van der Waals surface area contributed by atoms with E-state index in [-0.39, 0.29) is 6.04 Å². The number of nitroso groups, excluding NO2 is 1. The van der Waals surface area contributed by atoms with Crippen molar-refractivity contribution in [1.29, 1.82) is 0 Å². The van der Waals surface area contributed by atoms with Crippen molar-refractivity contribution in [3.05, 3.63) is 4.91 Å². The van der Waals surface area contributed by atoms with Crippen LogP contribution in [0.3, 0.4) is 0 Å². The Morgan fingerprint density at radius 3 is 2.54 bits per heavy atom. The van der Waals surface area contributed by atoms with Crippen molar-refractivity contribution in [2.75, 3.05) is 26.2 Å². The normalized spacial score (nSPS) is 12.8. The van der Waals surface area contributed by atoms with Crippen LogP contribution in [0.25, 0.3) is 0 Å². The van der Waals surface area contributed by atoms with E-state index in [2.05, 4.69) is 22.7 Å². The Morgan fingerprint density at radius 1 is 1.23 bits per heavy atom. The van der Waals surface area contributed by atoms with Crippen molar-refractivity contribution in [2.24, 2.45) is 5.18 Å². The molecule has 0 spiro atoms. The SMILES string of the molecule is CCCNCCC(CNCC)N=O. The van der Waals surface area contributed by atoms with Gasteiger partial charge in [0.25, 0.3) is 0 Å². The van der Waals surface area contributed by atoms with E-state index < -0.39 is 0 Å². The molecule has 0 rings (SSSR count). The van der Waals surface area contributed by atoms with Gasteiger partial charge in [0.05, 0.1) is 0 Å². The Balaban J connectivity index is 3.31. The minimum Gasteiger partial charge on any atom is -0.317 e. The van der Waals surface area contributed by atoms with Gasteiger partial charge < -0.3 is 10.6 Å². The molecule has 0 aliphatic carbocycles. The van der Waals surface area contributed by atoms with Crippen molar-refractivity contribution >= 4 is 0 Å². The summed E-state index contributed by atoms with van der Waals surface area (Å²) < 4.78 is 0. The molecule has 1 atom stereocenters. The molecule has 0 aromatic rings. The van der Waals surface area contributed by atoms with Crippen LogP contribution in [0.5, 0.6) is 0 Å². The summed E-state index contributed by atoms with van der Waals surface area (Å²) >= 11 is 0. The van der Waals surface area contributed by atoms with Gasteiger partial charge in [-0.25, -0.2) is 0 Å². The Bertz CT molecular complexity index is 119. The third-order valence-electron chi connectivity index (χ3n) is 1.86. The van der Waals surface area contributed by atoms with E-state index in [9.17, 15) is 4.91 Å². The van der Waals surface area contributed by atoms with Gasteiger partial charge in [0.1, 0.15) is 6.04 Å². The van der Waals surface area contributed by atoms with Crippen LogP contribution >= 0.6 is 0 Å². The Kier molecular flexibility index (Phi) is 9.25. The van der Waals surface area contributed by atoms with E-state index in [0.29, 0.717) is 6.54 Å². The van der Waals surface area contributed by atoms with Crippen molar-refractivity contribution in [2.45, 2.75) is 32.7 Å². The molecule has 0 aromatic heterocycles. The number of likely N-dealkylation sites (N-methyl/N-ethyl adjacent to an activating group) is 1. The van der Waals surface area contributed by atoms with Gasteiger partial charge in [-0.1, -0.05) is 19.0 Å². The largest absolute Gasteiger partial charge is 0.317 e. The molecule has 4 heteroatoms. The summed E-state index contributed by atoms with van der Waals surface area (Å²) in [5.74, 6) is 0. The molecule has 0 aliphatic rings. The standard InChI is InChI=1S/C9H21N3O/c1-3-6-11-7-5-9(12-13)8-10-4-2/h9-11H,3-8H2,1-2H3. The first-order chi connectivity index (χ1) is 6.35. The minimum atomic E-state index is -0.0793. The van der Waals surface area contributed by atoms with E-state index in [1.54, 1.807) is 0 Å². The summed E-state index contributed by atoms with van der Waals surface area (Å²) in [4.78, 5) is 10.4. The molecule has 13 heavy (non-hydrogen) atoms. The lowest BCUT2D eigenvalue weighted by Gasteiger charge is -2.09. The molecule has 0 radical (unpaired) electrons. The average molecular weight is 187 g/mol. The lowest BCUT2D eigenvalue weighted by atomic mass is 10.2. The Morgan fingerprint density at radius 2 is 2.00 bits per heavy atom. The van der Waals surface area contributed by atoms with Gasteiger partial charge in [0.2, 0.25) is 0 Å². The maximum absolute atomic E-state index is 10.4. The number of hydrogen-bond acceptors (Lipinski definition) is 4. The monoisotopic (exact) mass is 187 g/mol. The smallest absolute Gasteiger partial charge is 0.106 e. The first-order valence-electron chi connectivity index (χ1n) is 5.09. The van der Waals surface area contributed by atoms with Crippen LogP contribution < -0.4 is 10.6 Å². The maximum atomic E-state index is 10.4. The molecule has 0 bridgehead atoms. The van der Waals surface area contributed by atoms with E-state index in [0.717, 1.165) is 32.5 Å². The van der Waals surface area contributed by atoms with Crippen LogP contribution in [0.2, 0.25) is 0 Å². The molecule has 0 aromatic carbocycles. The predicted octanol–water partition coefficient (Wildman–Crippen LogP) is 1.12. The fourth-order valence-electron chi connectivity index (χ4n) is 1.07. The summed E-state index contributed by atoms with van der Waals surface area (Å²) in [6, 6.07) is -0.0793. The van der Waals surface area contributed by atoms with Gasteiger partial charge in [-0.2, -0.15) is 4.91 Å². The van der Waals surface area contributed by atoms with Crippen LogP contribution in [0.4, 0.5) is 0 Å². The number of rotatable bonds is 9. The topological polar surface area (TPSA) is 53.5 Å². The van der Waals surface area contributed by atoms with Crippen LogP contribution in [-0.4, -0.2) is 32.2 Å². The first kappa shape index (κ1) is 12.5. The highest BCUT2D eigenvalue weighted by atomic mass is 16.3. The summed E-state index contributed by atoms with van der Waals surface area (Å²) in [5.41, 5.74) is 0. The van der Waals surface area contributed by atoms with Gasteiger partial charge in [-0.15, -0.1) is 0 Å². The second kappa shape index (κ2) is 9.61. The van der Waals surface area contributed by atoms with E-state index >= 15 is 0 Å². The molecule has 2 N–H and O–H groups in total. The highest BCUT2D eigenvalue weighted by Gasteiger charge is 2.06. The molecule has 4 nitrogen and oxygen atoms in total. The van der Waals surface area contributed by atoms with Crippen LogP contribution in [0.15, 0.2) is 5.18 Å². The van der Waals surface area contributed by atoms with Gasteiger partial charge in [-0.05, 0) is 32.5 Å². The zero-order valence-corrected chi connectivity index (χ0v) is 8.68. The second-order valence-corrected chi connectivity index (χ2v) is 3.11. The van der Waals surface area contributed by atoms with Gasteiger partial charge in [0, 0.05) is 6.54 Å². The third-order valence-corrected chi connectivity index (χ3v) is 1.86. The summed E-state index contributed by atoms with van der Waals surface area (Å²) in [5, 5.41) is 9.44. The fourth-order valence-corrected chi connectivity index (χ4v) is 1.07. The number of nitrogens with zero attached hydrogens (tertiary/aromatic N) is 1. The molecular formula is C9H21N3O. The fraction of sp³-hybridized carbons (Fsp3) is 1.00. The van der Waals surface area contributed by atoms with E-state index in [1.165, 1.54) is 0 Å². The first-order valence-corrected chi connectivity index (χ1v) is 5.09. The third kappa shape index (κ3) is 7.87. The van der Waals surface area contributed by atoms with Gasteiger partial charge >= 0.3 is 0 Å². The molecular weight excluding hydrogens is 166 g/mol. The average Bonchev–Trinajstić information content (AvgIpc) is 2.17. The molecule has 0 saturated heterocycles. The van der Waals surface area contributed by atoms with Crippen molar-refractivity contribution in [3.8, 4) is 0 Å². The highest BCUT2D eigenvalue weighted by molar-refractivity contribution is 4.69. The summed E-state index contributed by atoms with van der Waals surface area (Å²) in [6.07, 6.45) is 1.96. The minimum absolute atomic E-state index is 0.0793. The molecule has 0 aliphatic heterocycles. The van der Waals surface area contributed by atoms with Crippen LogP contribution in [-0.2, 0) is 0 Å². The summed E-state index contributed by atoms with van der Waals surface area (Å²) in [7, 11) is 0. The molecule has 0 fully saturated rings. The van der Waals surface area contributed by atoms with Crippen molar-refractivity contribution in [1.82, 2.24) is 10.6 Å². The van der Waals surface area contributed by atoms with Crippen molar-refractivity contribution in [3.63, 3.8) is 0 Å². The Hall–Kier alpha value is -0.480. The molecule has 0 amide bonds. The quantitative estimate of drug-likeness (QED) is 0.420. The van der Waals surface area contributed by atoms with Gasteiger partial charge in [-0.3, -0.25) is 0 Å². The molecule has 0 heterocycles. The zero-order chi connectivity index (χ0) is 9.94.